The fourth-order valence-corrected chi connectivity index (χ4v) is 2.46. The standard InChI is InChI=1S/C17H20O5/c1-3-4-5-6-12-10-13(18)17-14(21-2)7-11(9-16(19)20)8-15(17)22-12/h5-8,12H,3-4,9-10H2,1-2H3,(H,19,20). The quantitative estimate of drug-likeness (QED) is 0.818. The van der Waals surface area contributed by atoms with Gasteiger partial charge in [0.15, 0.2) is 5.78 Å². The van der Waals surface area contributed by atoms with E-state index in [1.807, 2.05) is 12.2 Å². The molecule has 118 valence electrons. The lowest BCUT2D eigenvalue weighted by atomic mass is 9.96. The number of hydrogen-bond acceptors (Lipinski definition) is 4. The van der Waals surface area contributed by atoms with Crippen LogP contribution < -0.4 is 9.47 Å². The summed E-state index contributed by atoms with van der Waals surface area (Å²) in [7, 11) is 1.46. The molecule has 0 spiro atoms. The monoisotopic (exact) mass is 304 g/mol. The lowest BCUT2D eigenvalue weighted by Crippen LogP contribution is -2.26. The average Bonchev–Trinajstić information content (AvgIpc) is 2.45. The van der Waals surface area contributed by atoms with Crippen LogP contribution in [-0.2, 0) is 11.2 Å². The summed E-state index contributed by atoms with van der Waals surface area (Å²) in [6.07, 6.45) is 5.67. The maximum Gasteiger partial charge on any atom is 0.307 e. The predicted molar refractivity (Wildman–Crippen MR) is 81.7 cm³/mol. The highest BCUT2D eigenvalue weighted by Gasteiger charge is 2.29. The van der Waals surface area contributed by atoms with Crippen LogP contribution in [0.25, 0.3) is 0 Å². The molecule has 1 N–H and O–H groups in total. The Labute approximate surface area is 129 Å². The molecule has 2 rings (SSSR count). The van der Waals surface area contributed by atoms with E-state index in [1.54, 1.807) is 12.1 Å². The van der Waals surface area contributed by atoms with Crippen LogP contribution in [0.3, 0.4) is 0 Å². The molecule has 0 aromatic heterocycles. The zero-order chi connectivity index (χ0) is 16.1. The molecule has 1 aromatic rings. The minimum atomic E-state index is -0.941. The Balaban J connectivity index is 2.33. The molecule has 1 aromatic carbocycles. The molecule has 5 heteroatoms. The summed E-state index contributed by atoms with van der Waals surface area (Å²) in [5, 5.41) is 8.92. The first kappa shape index (κ1) is 16.1. The third-order valence-electron chi connectivity index (χ3n) is 3.45. The van der Waals surface area contributed by atoms with Gasteiger partial charge in [0.2, 0.25) is 0 Å². The summed E-state index contributed by atoms with van der Waals surface area (Å²) in [6.45, 7) is 2.08. The Hall–Kier alpha value is -2.30. The number of carboxylic acid groups (broad SMARTS) is 1. The summed E-state index contributed by atoms with van der Waals surface area (Å²) in [4.78, 5) is 23.2. The highest BCUT2D eigenvalue weighted by molar-refractivity contribution is 6.02. The van der Waals surface area contributed by atoms with Crippen molar-refractivity contribution in [1.29, 1.82) is 0 Å². The highest BCUT2D eigenvalue weighted by Crippen LogP contribution is 2.36. The molecule has 0 radical (unpaired) electrons. The van der Waals surface area contributed by atoms with E-state index >= 15 is 0 Å². The normalized spacial score (nSPS) is 17.2. The van der Waals surface area contributed by atoms with Crippen molar-refractivity contribution in [2.24, 2.45) is 0 Å². The lowest BCUT2D eigenvalue weighted by Gasteiger charge is -2.25. The van der Waals surface area contributed by atoms with Gasteiger partial charge in [0, 0.05) is 0 Å². The number of fused-ring (bicyclic) bond motifs is 1. The van der Waals surface area contributed by atoms with Crippen LogP contribution in [0.2, 0.25) is 0 Å². The molecular weight excluding hydrogens is 284 g/mol. The zero-order valence-electron chi connectivity index (χ0n) is 12.8. The fraction of sp³-hybridized carbons (Fsp3) is 0.412. The number of carboxylic acids is 1. The number of methoxy groups -OCH3 is 1. The number of ether oxygens (including phenoxy) is 2. The smallest absolute Gasteiger partial charge is 0.307 e. The van der Waals surface area contributed by atoms with E-state index < -0.39 is 5.97 Å². The van der Waals surface area contributed by atoms with E-state index in [1.165, 1.54) is 7.11 Å². The topological polar surface area (TPSA) is 72.8 Å². The van der Waals surface area contributed by atoms with Gasteiger partial charge < -0.3 is 14.6 Å². The summed E-state index contributed by atoms with van der Waals surface area (Å²) < 4.78 is 11.1. The minimum Gasteiger partial charge on any atom is -0.496 e. The van der Waals surface area contributed by atoms with Crippen LogP contribution in [0.15, 0.2) is 24.3 Å². The second kappa shape index (κ2) is 7.11. The third-order valence-corrected chi connectivity index (χ3v) is 3.45. The second-order valence-electron chi connectivity index (χ2n) is 5.24. The molecule has 22 heavy (non-hydrogen) atoms. The number of benzene rings is 1. The molecule has 1 unspecified atom stereocenters. The third kappa shape index (κ3) is 3.67. The summed E-state index contributed by atoms with van der Waals surface area (Å²) in [6, 6.07) is 3.20. The number of rotatable bonds is 6. The van der Waals surface area contributed by atoms with E-state index in [2.05, 4.69) is 6.92 Å². The molecule has 0 fully saturated rings. The van der Waals surface area contributed by atoms with E-state index in [4.69, 9.17) is 14.6 Å². The second-order valence-corrected chi connectivity index (χ2v) is 5.24. The first-order valence-corrected chi connectivity index (χ1v) is 7.34. The molecule has 1 aliphatic heterocycles. The number of aliphatic carboxylic acids is 1. The molecule has 0 aliphatic carbocycles. The van der Waals surface area contributed by atoms with Crippen LogP contribution >= 0.6 is 0 Å². The van der Waals surface area contributed by atoms with Crippen LogP contribution in [0.4, 0.5) is 0 Å². The molecule has 0 amide bonds. The van der Waals surface area contributed by atoms with Crippen LogP contribution in [0.1, 0.15) is 42.1 Å². The van der Waals surface area contributed by atoms with E-state index in [0.29, 0.717) is 22.6 Å². The van der Waals surface area contributed by atoms with Crippen molar-refractivity contribution in [2.45, 2.75) is 38.7 Å². The van der Waals surface area contributed by atoms with Gasteiger partial charge in [-0.1, -0.05) is 19.4 Å². The zero-order valence-corrected chi connectivity index (χ0v) is 12.8. The average molecular weight is 304 g/mol. The van der Waals surface area contributed by atoms with Gasteiger partial charge in [-0.15, -0.1) is 0 Å². The number of carbonyl (C=O) groups excluding carboxylic acids is 1. The van der Waals surface area contributed by atoms with E-state index in [9.17, 15) is 9.59 Å². The van der Waals surface area contributed by atoms with Gasteiger partial charge in [-0.3, -0.25) is 9.59 Å². The molecule has 0 bridgehead atoms. The molecule has 1 atom stereocenters. The van der Waals surface area contributed by atoms with Gasteiger partial charge in [-0.25, -0.2) is 0 Å². The Bertz CT molecular complexity index is 603. The van der Waals surface area contributed by atoms with Crippen molar-refractivity contribution in [3.8, 4) is 11.5 Å². The Morgan fingerprint density at radius 1 is 1.50 bits per heavy atom. The predicted octanol–water partition coefficient (Wildman–Crippen LogP) is 3.01. The van der Waals surface area contributed by atoms with Crippen molar-refractivity contribution >= 4 is 11.8 Å². The number of ketones is 1. The van der Waals surface area contributed by atoms with Gasteiger partial charge >= 0.3 is 5.97 Å². The SMILES string of the molecule is CCCC=CC1CC(=O)c2c(OC)cc(CC(=O)O)cc2O1. The number of Topliss-reactive ketones (excluding diaryl/α,β-unsaturated/α-hetero) is 1. The Kier molecular flexibility index (Phi) is 5.20. The number of unbranched alkanes of at least 4 members (excludes halogenated alkanes) is 1. The van der Waals surface area contributed by atoms with Gasteiger partial charge in [0.25, 0.3) is 0 Å². The first-order chi connectivity index (χ1) is 10.5. The number of allylic oxidation sites excluding steroid dienone is 1. The first-order valence-electron chi connectivity index (χ1n) is 7.34. The van der Waals surface area contributed by atoms with Crippen molar-refractivity contribution < 1.29 is 24.2 Å². The summed E-state index contributed by atoms with van der Waals surface area (Å²) in [5.74, 6) is -0.220. The van der Waals surface area contributed by atoms with Crippen molar-refractivity contribution in [1.82, 2.24) is 0 Å². The van der Waals surface area contributed by atoms with Gasteiger partial charge in [-0.2, -0.15) is 0 Å². The van der Waals surface area contributed by atoms with Gasteiger partial charge in [0.1, 0.15) is 23.2 Å². The molecule has 1 heterocycles. The number of hydrogen-bond donors (Lipinski definition) is 1. The van der Waals surface area contributed by atoms with E-state index in [0.717, 1.165) is 12.8 Å². The van der Waals surface area contributed by atoms with E-state index in [-0.39, 0.29) is 24.7 Å². The summed E-state index contributed by atoms with van der Waals surface area (Å²) in [5.41, 5.74) is 0.950. The minimum absolute atomic E-state index is 0.0499. The van der Waals surface area contributed by atoms with Crippen LogP contribution in [-0.4, -0.2) is 30.1 Å². The van der Waals surface area contributed by atoms with Gasteiger partial charge in [-0.05, 0) is 30.2 Å². The van der Waals surface area contributed by atoms with Crippen molar-refractivity contribution in [2.75, 3.05) is 7.11 Å². The van der Waals surface area contributed by atoms with Crippen molar-refractivity contribution in [3.05, 3.63) is 35.4 Å². The van der Waals surface area contributed by atoms with Crippen molar-refractivity contribution in [3.63, 3.8) is 0 Å². The molecule has 0 saturated carbocycles. The Morgan fingerprint density at radius 2 is 2.27 bits per heavy atom. The molecule has 5 nitrogen and oxygen atoms in total. The Morgan fingerprint density at radius 3 is 2.91 bits per heavy atom. The van der Waals surface area contributed by atoms with Crippen LogP contribution in [0, 0.1) is 0 Å². The lowest BCUT2D eigenvalue weighted by molar-refractivity contribution is -0.136. The number of carbonyl (C=O) groups is 2. The van der Waals surface area contributed by atoms with Crippen LogP contribution in [0.5, 0.6) is 11.5 Å². The molecule has 1 aliphatic rings. The largest absolute Gasteiger partial charge is 0.496 e. The fourth-order valence-electron chi connectivity index (χ4n) is 2.46. The molecule has 0 saturated heterocycles. The maximum absolute atomic E-state index is 12.3. The highest BCUT2D eigenvalue weighted by atomic mass is 16.5. The summed E-state index contributed by atoms with van der Waals surface area (Å²) >= 11 is 0. The molecular formula is C17H20O5. The van der Waals surface area contributed by atoms with Gasteiger partial charge in [0.05, 0.1) is 20.0 Å². The maximum atomic E-state index is 12.3.